The Hall–Kier alpha value is -3.61. The Balaban J connectivity index is 1.96. The van der Waals surface area contributed by atoms with Gasteiger partial charge in [-0.15, -0.1) is 0 Å². The van der Waals surface area contributed by atoms with Gasteiger partial charge in [0, 0.05) is 23.7 Å². The van der Waals surface area contributed by atoms with Crippen molar-refractivity contribution in [2.45, 2.75) is 53.1 Å². The van der Waals surface area contributed by atoms with E-state index < -0.39 is 12.1 Å². The fraction of sp³-hybridized carbons (Fsp3) is 0.370. The SMILES string of the molecule is CCCOc1ccc(C=CC(=O)OC(C)C(=O)c2ccc(NC(=O)CCC)cc2)cc1OCC. The van der Waals surface area contributed by atoms with Crippen molar-refractivity contribution in [1.29, 1.82) is 0 Å². The Morgan fingerprint density at radius 2 is 1.68 bits per heavy atom. The van der Waals surface area contributed by atoms with Crippen molar-refractivity contribution in [2.75, 3.05) is 18.5 Å². The van der Waals surface area contributed by atoms with Crippen LogP contribution in [0.5, 0.6) is 11.5 Å². The molecule has 0 heterocycles. The molecule has 1 unspecified atom stereocenters. The molecule has 34 heavy (non-hydrogen) atoms. The molecule has 1 atom stereocenters. The Morgan fingerprint density at radius 3 is 2.32 bits per heavy atom. The van der Waals surface area contributed by atoms with Crippen LogP contribution in [0.15, 0.2) is 48.5 Å². The monoisotopic (exact) mass is 467 g/mol. The first kappa shape index (κ1) is 26.6. The molecule has 7 heteroatoms. The number of amides is 1. The zero-order valence-electron chi connectivity index (χ0n) is 20.3. The van der Waals surface area contributed by atoms with E-state index in [-0.39, 0.29) is 11.7 Å². The molecule has 0 aliphatic heterocycles. The van der Waals surface area contributed by atoms with Gasteiger partial charge in [0.25, 0.3) is 0 Å². The summed E-state index contributed by atoms with van der Waals surface area (Å²) in [7, 11) is 0. The van der Waals surface area contributed by atoms with Crippen molar-refractivity contribution in [1.82, 2.24) is 0 Å². The number of carbonyl (C=O) groups excluding carboxylic acids is 3. The van der Waals surface area contributed by atoms with Crippen molar-refractivity contribution in [3.05, 3.63) is 59.7 Å². The van der Waals surface area contributed by atoms with Crippen molar-refractivity contribution in [2.24, 2.45) is 0 Å². The van der Waals surface area contributed by atoms with E-state index in [2.05, 4.69) is 5.32 Å². The van der Waals surface area contributed by atoms with Gasteiger partial charge in [0.15, 0.2) is 17.6 Å². The highest BCUT2D eigenvalue weighted by Gasteiger charge is 2.18. The van der Waals surface area contributed by atoms with Crippen molar-refractivity contribution < 1.29 is 28.6 Å². The van der Waals surface area contributed by atoms with Gasteiger partial charge in [-0.2, -0.15) is 0 Å². The Morgan fingerprint density at radius 1 is 0.941 bits per heavy atom. The summed E-state index contributed by atoms with van der Waals surface area (Å²) < 4.78 is 16.6. The maximum atomic E-state index is 12.6. The second-order valence-electron chi connectivity index (χ2n) is 7.64. The van der Waals surface area contributed by atoms with Gasteiger partial charge in [-0.25, -0.2) is 4.79 Å². The first-order chi connectivity index (χ1) is 16.4. The minimum Gasteiger partial charge on any atom is -0.490 e. The summed E-state index contributed by atoms with van der Waals surface area (Å²) in [5, 5.41) is 2.77. The van der Waals surface area contributed by atoms with Gasteiger partial charge in [-0.1, -0.05) is 19.9 Å². The number of hydrogen-bond acceptors (Lipinski definition) is 6. The smallest absolute Gasteiger partial charge is 0.331 e. The number of Topliss-reactive ketones (excluding diaryl/α,β-unsaturated/α-hetero) is 1. The first-order valence-corrected chi connectivity index (χ1v) is 11.6. The third-order valence-electron chi connectivity index (χ3n) is 4.73. The lowest BCUT2D eigenvalue weighted by molar-refractivity contribution is -0.140. The number of benzene rings is 2. The molecule has 0 saturated carbocycles. The normalized spacial score (nSPS) is 11.6. The summed E-state index contributed by atoms with van der Waals surface area (Å²) in [6.07, 6.45) is 3.99. The molecule has 1 amide bonds. The van der Waals surface area contributed by atoms with Crippen LogP contribution in [0.25, 0.3) is 6.08 Å². The van der Waals surface area contributed by atoms with E-state index in [4.69, 9.17) is 14.2 Å². The predicted octanol–water partition coefficient (Wildman–Crippen LogP) is 5.44. The van der Waals surface area contributed by atoms with Gasteiger partial charge >= 0.3 is 5.97 Å². The molecule has 0 aromatic heterocycles. The van der Waals surface area contributed by atoms with Crippen LogP contribution in [-0.2, 0) is 14.3 Å². The second kappa shape index (κ2) is 13.8. The van der Waals surface area contributed by atoms with E-state index in [9.17, 15) is 14.4 Å². The molecular weight excluding hydrogens is 434 g/mol. The van der Waals surface area contributed by atoms with Crippen LogP contribution in [0.2, 0.25) is 0 Å². The molecule has 0 radical (unpaired) electrons. The third kappa shape index (κ3) is 8.39. The zero-order chi connectivity index (χ0) is 24.9. The molecule has 2 aromatic rings. The minimum atomic E-state index is -0.957. The minimum absolute atomic E-state index is 0.0767. The van der Waals surface area contributed by atoms with E-state index in [1.54, 1.807) is 42.5 Å². The molecule has 0 bridgehead atoms. The molecule has 0 saturated heterocycles. The summed E-state index contributed by atoms with van der Waals surface area (Å²) in [6.45, 7) is 8.44. The summed E-state index contributed by atoms with van der Waals surface area (Å²) in [4.78, 5) is 36.5. The van der Waals surface area contributed by atoms with Crippen LogP contribution in [0.1, 0.15) is 62.9 Å². The van der Waals surface area contributed by atoms with Crippen molar-refractivity contribution in [3.8, 4) is 11.5 Å². The lowest BCUT2D eigenvalue weighted by Crippen LogP contribution is -2.23. The number of rotatable bonds is 13. The van der Waals surface area contributed by atoms with Crippen molar-refractivity contribution >= 4 is 29.4 Å². The lowest BCUT2D eigenvalue weighted by Gasteiger charge is -2.12. The molecular formula is C27H33NO6. The topological polar surface area (TPSA) is 90.9 Å². The highest BCUT2D eigenvalue weighted by molar-refractivity contribution is 6.01. The average molecular weight is 468 g/mol. The number of nitrogens with one attached hydrogen (secondary N) is 1. The number of ether oxygens (including phenoxy) is 3. The number of esters is 1. The van der Waals surface area contributed by atoms with Gasteiger partial charge in [0.1, 0.15) is 0 Å². The number of ketones is 1. The molecule has 1 N–H and O–H groups in total. The van der Waals surface area contributed by atoms with Crippen molar-refractivity contribution in [3.63, 3.8) is 0 Å². The summed E-state index contributed by atoms with van der Waals surface area (Å²) >= 11 is 0. The van der Waals surface area contributed by atoms with Crippen LogP contribution in [0.3, 0.4) is 0 Å². The summed E-state index contributed by atoms with van der Waals surface area (Å²) in [6, 6.07) is 11.9. The van der Waals surface area contributed by atoms with Gasteiger partial charge < -0.3 is 19.5 Å². The highest BCUT2D eigenvalue weighted by atomic mass is 16.5. The van der Waals surface area contributed by atoms with E-state index >= 15 is 0 Å². The Kier molecular flexibility index (Phi) is 10.8. The first-order valence-electron chi connectivity index (χ1n) is 11.6. The van der Waals surface area contributed by atoms with Crippen LogP contribution in [0.4, 0.5) is 5.69 Å². The van der Waals surface area contributed by atoms with Crippen LogP contribution in [-0.4, -0.2) is 37.0 Å². The van der Waals surface area contributed by atoms with Crippen LogP contribution in [0, 0.1) is 0 Å². The molecule has 0 aliphatic rings. The largest absolute Gasteiger partial charge is 0.490 e. The van der Waals surface area contributed by atoms with Gasteiger partial charge in [0.2, 0.25) is 11.7 Å². The third-order valence-corrected chi connectivity index (χ3v) is 4.73. The molecule has 0 aliphatic carbocycles. The molecule has 7 nitrogen and oxygen atoms in total. The fourth-order valence-corrected chi connectivity index (χ4v) is 3.06. The molecule has 0 fully saturated rings. The van der Waals surface area contributed by atoms with E-state index in [0.29, 0.717) is 42.4 Å². The molecule has 2 aromatic carbocycles. The Bertz CT molecular complexity index is 997. The van der Waals surface area contributed by atoms with Crippen LogP contribution < -0.4 is 14.8 Å². The standard InChI is InChI=1S/C27H33NO6/c1-5-8-25(29)28-22-13-11-21(12-14-22)27(31)19(4)34-26(30)16-10-20-9-15-23(33-17-6-2)24(18-20)32-7-3/h9-16,18-19H,5-8,17H2,1-4H3,(H,28,29). The van der Waals surface area contributed by atoms with Gasteiger partial charge in [-0.05, 0) is 74.7 Å². The highest BCUT2D eigenvalue weighted by Crippen LogP contribution is 2.29. The lowest BCUT2D eigenvalue weighted by atomic mass is 10.1. The zero-order valence-corrected chi connectivity index (χ0v) is 20.3. The second-order valence-corrected chi connectivity index (χ2v) is 7.64. The maximum absolute atomic E-state index is 12.6. The number of anilines is 1. The Labute approximate surface area is 201 Å². The number of hydrogen-bond donors (Lipinski definition) is 1. The molecule has 0 spiro atoms. The van der Waals surface area contributed by atoms with E-state index in [1.165, 1.54) is 13.0 Å². The maximum Gasteiger partial charge on any atom is 0.331 e. The van der Waals surface area contributed by atoms with Crippen LogP contribution >= 0.6 is 0 Å². The summed E-state index contributed by atoms with van der Waals surface area (Å²) in [5.74, 6) is 0.216. The average Bonchev–Trinajstić information content (AvgIpc) is 2.82. The molecule has 182 valence electrons. The van der Waals surface area contributed by atoms with Gasteiger partial charge in [-0.3, -0.25) is 9.59 Å². The van der Waals surface area contributed by atoms with E-state index in [0.717, 1.165) is 18.4 Å². The van der Waals surface area contributed by atoms with E-state index in [1.807, 2.05) is 26.8 Å². The fourth-order valence-electron chi connectivity index (χ4n) is 3.06. The van der Waals surface area contributed by atoms with Gasteiger partial charge in [0.05, 0.1) is 13.2 Å². The predicted molar refractivity (Wildman–Crippen MR) is 132 cm³/mol. The summed E-state index contributed by atoms with van der Waals surface area (Å²) in [5.41, 5.74) is 1.74. The molecule has 2 rings (SSSR count). The number of carbonyl (C=O) groups is 3. The quantitative estimate of drug-likeness (QED) is 0.240.